The molecule has 0 radical (unpaired) electrons. The third-order valence-corrected chi connectivity index (χ3v) is 5.68. The van der Waals surface area contributed by atoms with Gasteiger partial charge >= 0.3 is 0 Å². The van der Waals surface area contributed by atoms with Crippen LogP contribution >= 0.6 is 11.3 Å². The van der Waals surface area contributed by atoms with Gasteiger partial charge in [-0.1, -0.05) is 12.1 Å². The molecule has 26 heavy (non-hydrogen) atoms. The summed E-state index contributed by atoms with van der Waals surface area (Å²) in [5, 5.41) is 2.05. The molecule has 1 fully saturated rings. The van der Waals surface area contributed by atoms with Crippen molar-refractivity contribution in [2.45, 2.75) is 20.0 Å². The lowest BCUT2D eigenvalue weighted by Crippen LogP contribution is -2.45. The zero-order valence-electron chi connectivity index (χ0n) is 15.0. The van der Waals surface area contributed by atoms with E-state index >= 15 is 0 Å². The highest BCUT2D eigenvalue weighted by molar-refractivity contribution is 7.13. The van der Waals surface area contributed by atoms with Gasteiger partial charge in [0.2, 0.25) is 0 Å². The van der Waals surface area contributed by atoms with Crippen LogP contribution in [0.1, 0.15) is 16.8 Å². The summed E-state index contributed by atoms with van der Waals surface area (Å²) >= 11 is 1.67. The van der Waals surface area contributed by atoms with Crippen LogP contribution < -0.4 is 0 Å². The Balaban J connectivity index is 1.29. The van der Waals surface area contributed by atoms with Crippen molar-refractivity contribution in [3.63, 3.8) is 0 Å². The maximum Gasteiger partial charge on any atom is 0.169 e. The lowest BCUT2D eigenvalue weighted by Gasteiger charge is -2.34. The van der Waals surface area contributed by atoms with Crippen LogP contribution in [0.4, 0.5) is 0 Å². The van der Waals surface area contributed by atoms with Gasteiger partial charge in [-0.15, -0.1) is 11.3 Å². The summed E-state index contributed by atoms with van der Waals surface area (Å²) in [6.07, 6.45) is 5.82. The van der Waals surface area contributed by atoms with Crippen molar-refractivity contribution >= 4 is 11.3 Å². The second kappa shape index (κ2) is 8.03. The Morgan fingerprint density at radius 1 is 0.923 bits per heavy atom. The standard InChI is InChI=1S/C20H23N5S/c1-16-4-2-6-21-18(16)15-25-9-7-24(8-10-25)14-17-12-22-20(23-13-17)19-5-3-11-26-19/h2-6,11-13H,7-10,14-15H2,1H3. The Bertz CT molecular complexity index is 824. The van der Waals surface area contributed by atoms with Crippen molar-refractivity contribution in [1.29, 1.82) is 0 Å². The predicted octanol–water partition coefficient (Wildman–Crippen LogP) is 3.23. The minimum absolute atomic E-state index is 0.819. The zero-order chi connectivity index (χ0) is 17.8. The van der Waals surface area contributed by atoms with E-state index in [-0.39, 0.29) is 0 Å². The van der Waals surface area contributed by atoms with Crippen LogP contribution in [-0.2, 0) is 13.1 Å². The number of aryl methyl sites for hydroxylation is 1. The van der Waals surface area contributed by atoms with Crippen LogP contribution in [0.15, 0.2) is 48.2 Å². The van der Waals surface area contributed by atoms with Gasteiger partial charge in [0.05, 0.1) is 10.6 Å². The summed E-state index contributed by atoms with van der Waals surface area (Å²) in [4.78, 5) is 19.6. The van der Waals surface area contributed by atoms with E-state index in [2.05, 4.69) is 49.2 Å². The maximum atomic E-state index is 4.52. The van der Waals surface area contributed by atoms with Crippen LogP contribution in [-0.4, -0.2) is 50.9 Å². The van der Waals surface area contributed by atoms with Crippen LogP contribution in [0.5, 0.6) is 0 Å². The van der Waals surface area contributed by atoms with E-state index in [0.29, 0.717) is 0 Å². The van der Waals surface area contributed by atoms with Crippen molar-refractivity contribution in [3.8, 4) is 10.7 Å². The molecule has 0 unspecified atom stereocenters. The molecule has 0 spiro atoms. The molecule has 0 aliphatic carbocycles. The van der Waals surface area contributed by atoms with Gasteiger partial charge in [-0.2, -0.15) is 0 Å². The second-order valence-electron chi connectivity index (χ2n) is 6.71. The largest absolute Gasteiger partial charge is 0.296 e. The van der Waals surface area contributed by atoms with Crippen LogP contribution in [0.2, 0.25) is 0 Å². The van der Waals surface area contributed by atoms with E-state index in [1.54, 1.807) is 11.3 Å². The normalized spacial score (nSPS) is 16.0. The van der Waals surface area contributed by atoms with Gasteiger partial charge in [0.25, 0.3) is 0 Å². The fourth-order valence-corrected chi connectivity index (χ4v) is 3.90. The van der Waals surface area contributed by atoms with Crippen molar-refractivity contribution in [3.05, 3.63) is 65.1 Å². The number of pyridine rings is 1. The highest BCUT2D eigenvalue weighted by Crippen LogP contribution is 2.20. The van der Waals surface area contributed by atoms with Crippen LogP contribution in [0, 0.1) is 6.92 Å². The predicted molar refractivity (Wildman–Crippen MR) is 105 cm³/mol. The number of piperazine rings is 1. The van der Waals surface area contributed by atoms with E-state index in [1.807, 2.05) is 30.7 Å². The fraction of sp³-hybridized carbons (Fsp3) is 0.350. The van der Waals surface area contributed by atoms with Gasteiger partial charge in [0.15, 0.2) is 5.82 Å². The summed E-state index contributed by atoms with van der Waals surface area (Å²) in [5.74, 6) is 0.819. The lowest BCUT2D eigenvalue weighted by molar-refractivity contribution is 0.120. The Kier molecular flexibility index (Phi) is 5.34. The summed E-state index contributed by atoms with van der Waals surface area (Å²) in [6, 6.07) is 8.23. The first-order valence-corrected chi connectivity index (χ1v) is 9.86. The summed E-state index contributed by atoms with van der Waals surface area (Å²) < 4.78 is 0. The van der Waals surface area contributed by atoms with E-state index in [0.717, 1.165) is 50.0 Å². The van der Waals surface area contributed by atoms with Crippen LogP contribution in [0.3, 0.4) is 0 Å². The third kappa shape index (κ3) is 4.15. The van der Waals surface area contributed by atoms with E-state index < -0.39 is 0 Å². The Morgan fingerprint density at radius 2 is 1.65 bits per heavy atom. The average molecular weight is 366 g/mol. The molecule has 134 valence electrons. The Hall–Kier alpha value is -2.15. The smallest absolute Gasteiger partial charge is 0.169 e. The lowest BCUT2D eigenvalue weighted by atomic mass is 10.2. The van der Waals surface area contributed by atoms with Gasteiger partial charge in [0.1, 0.15) is 0 Å². The van der Waals surface area contributed by atoms with E-state index in [1.165, 1.54) is 16.8 Å². The molecule has 1 aliphatic heterocycles. The van der Waals surface area contributed by atoms with Gasteiger partial charge in [-0.05, 0) is 30.0 Å². The molecule has 0 N–H and O–H groups in total. The third-order valence-electron chi connectivity index (χ3n) is 4.81. The SMILES string of the molecule is Cc1cccnc1CN1CCN(Cc2cnc(-c3cccs3)nc2)CC1. The first kappa shape index (κ1) is 17.3. The summed E-state index contributed by atoms with van der Waals surface area (Å²) in [5.41, 5.74) is 3.65. The van der Waals surface area contributed by atoms with Crippen molar-refractivity contribution in [2.75, 3.05) is 26.2 Å². The molecule has 1 saturated heterocycles. The van der Waals surface area contributed by atoms with E-state index in [4.69, 9.17) is 0 Å². The summed E-state index contributed by atoms with van der Waals surface area (Å²) in [6.45, 7) is 8.28. The molecule has 0 bridgehead atoms. The Labute approximate surface area is 158 Å². The molecule has 4 heterocycles. The quantitative estimate of drug-likeness (QED) is 0.695. The minimum atomic E-state index is 0.819. The van der Waals surface area contributed by atoms with Gasteiger partial charge < -0.3 is 0 Å². The average Bonchev–Trinajstić information content (AvgIpc) is 3.21. The van der Waals surface area contributed by atoms with Crippen molar-refractivity contribution in [1.82, 2.24) is 24.8 Å². The number of nitrogens with zero attached hydrogens (tertiary/aromatic N) is 5. The van der Waals surface area contributed by atoms with Gasteiger partial charge in [-0.3, -0.25) is 14.8 Å². The molecule has 3 aromatic rings. The number of hydrogen-bond donors (Lipinski definition) is 0. The molecule has 0 saturated carbocycles. The second-order valence-corrected chi connectivity index (χ2v) is 7.66. The van der Waals surface area contributed by atoms with E-state index in [9.17, 15) is 0 Å². The molecule has 0 amide bonds. The molecule has 6 heteroatoms. The number of thiophene rings is 1. The fourth-order valence-electron chi connectivity index (χ4n) is 3.23. The zero-order valence-corrected chi connectivity index (χ0v) is 15.8. The maximum absolute atomic E-state index is 4.52. The molecule has 0 aromatic carbocycles. The molecule has 1 aliphatic rings. The summed E-state index contributed by atoms with van der Waals surface area (Å²) in [7, 11) is 0. The van der Waals surface area contributed by atoms with Gasteiger partial charge in [-0.25, -0.2) is 9.97 Å². The first-order chi connectivity index (χ1) is 12.8. The first-order valence-electron chi connectivity index (χ1n) is 8.98. The van der Waals surface area contributed by atoms with Crippen LogP contribution in [0.25, 0.3) is 10.7 Å². The van der Waals surface area contributed by atoms with Crippen molar-refractivity contribution < 1.29 is 0 Å². The molecule has 3 aromatic heterocycles. The molecular formula is C20H23N5S. The minimum Gasteiger partial charge on any atom is -0.296 e. The monoisotopic (exact) mass is 365 g/mol. The Morgan fingerprint density at radius 3 is 2.31 bits per heavy atom. The highest BCUT2D eigenvalue weighted by Gasteiger charge is 2.18. The highest BCUT2D eigenvalue weighted by atomic mass is 32.1. The number of hydrogen-bond acceptors (Lipinski definition) is 6. The van der Waals surface area contributed by atoms with Crippen molar-refractivity contribution in [2.24, 2.45) is 0 Å². The molecule has 0 atom stereocenters. The number of aromatic nitrogens is 3. The number of rotatable bonds is 5. The molecule has 4 rings (SSSR count). The topological polar surface area (TPSA) is 45.2 Å². The molecular weight excluding hydrogens is 342 g/mol. The van der Waals surface area contributed by atoms with Gasteiger partial charge in [0, 0.05) is 63.4 Å². The molecule has 5 nitrogen and oxygen atoms in total.